The molecule has 1 saturated heterocycles. The molecular weight excluding hydrogens is 216 g/mol. The van der Waals surface area contributed by atoms with Crippen LogP contribution in [0.2, 0.25) is 0 Å². The molecule has 0 unspecified atom stereocenters. The third-order valence-corrected chi connectivity index (χ3v) is 3.47. The SMILES string of the molecule is BrCC1(c2ccccc2)COC1. The van der Waals surface area contributed by atoms with Gasteiger partial charge in [0.1, 0.15) is 0 Å². The van der Waals surface area contributed by atoms with Crippen molar-refractivity contribution in [2.45, 2.75) is 5.41 Å². The molecule has 1 nitrogen and oxygen atoms in total. The summed E-state index contributed by atoms with van der Waals surface area (Å²) in [6.45, 7) is 1.70. The van der Waals surface area contributed by atoms with E-state index in [1.807, 2.05) is 6.07 Å². The van der Waals surface area contributed by atoms with Gasteiger partial charge in [0.15, 0.2) is 0 Å². The van der Waals surface area contributed by atoms with Crippen LogP contribution in [0.1, 0.15) is 5.56 Å². The van der Waals surface area contributed by atoms with Crippen molar-refractivity contribution in [2.24, 2.45) is 0 Å². The molecule has 1 aromatic carbocycles. The minimum Gasteiger partial charge on any atom is -0.379 e. The normalized spacial score (nSPS) is 20.1. The molecule has 0 aromatic heterocycles. The molecule has 0 aliphatic carbocycles. The number of hydrogen-bond donors (Lipinski definition) is 0. The van der Waals surface area contributed by atoms with Gasteiger partial charge in [0.2, 0.25) is 0 Å². The van der Waals surface area contributed by atoms with Gasteiger partial charge in [0, 0.05) is 5.33 Å². The zero-order chi connectivity index (χ0) is 8.44. The Hall–Kier alpha value is -0.340. The van der Waals surface area contributed by atoms with Crippen LogP contribution < -0.4 is 0 Å². The van der Waals surface area contributed by atoms with Gasteiger partial charge in [-0.1, -0.05) is 46.3 Å². The highest BCUT2D eigenvalue weighted by Gasteiger charge is 2.38. The lowest BCUT2D eigenvalue weighted by atomic mass is 9.81. The van der Waals surface area contributed by atoms with Gasteiger partial charge >= 0.3 is 0 Å². The first-order chi connectivity index (χ1) is 5.87. The van der Waals surface area contributed by atoms with Crippen molar-refractivity contribution < 1.29 is 4.74 Å². The predicted molar refractivity (Wildman–Crippen MR) is 52.7 cm³/mol. The summed E-state index contributed by atoms with van der Waals surface area (Å²) in [4.78, 5) is 0. The van der Waals surface area contributed by atoms with E-state index in [9.17, 15) is 0 Å². The Morgan fingerprint density at radius 2 is 1.92 bits per heavy atom. The largest absolute Gasteiger partial charge is 0.379 e. The van der Waals surface area contributed by atoms with Crippen molar-refractivity contribution >= 4 is 15.9 Å². The standard InChI is InChI=1S/C10H11BrO/c11-6-10(7-12-8-10)9-4-2-1-3-5-9/h1-5H,6-8H2. The second-order valence-corrected chi connectivity index (χ2v) is 3.83. The molecule has 0 saturated carbocycles. The zero-order valence-corrected chi connectivity index (χ0v) is 8.38. The van der Waals surface area contributed by atoms with Gasteiger partial charge in [-0.2, -0.15) is 0 Å². The summed E-state index contributed by atoms with van der Waals surface area (Å²) < 4.78 is 5.25. The average molecular weight is 227 g/mol. The monoisotopic (exact) mass is 226 g/mol. The van der Waals surface area contributed by atoms with E-state index in [-0.39, 0.29) is 5.41 Å². The fourth-order valence-corrected chi connectivity index (χ4v) is 2.11. The molecule has 2 heteroatoms. The summed E-state index contributed by atoms with van der Waals surface area (Å²) >= 11 is 3.54. The molecule has 0 spiro atoms. The van der Waals surface area contributed by atoms with E-state index in [2.05, 4.69) is 40.2 Å². The Morgan fingerprint density at radius 3 is 2.33 bits per heavy atom. The second-order valence-electron chi connectivity index (χ2n) is 3.27. The van der Waals surface area contributed by atoms with Crippen molar-refractivity contribution in [3.05, 3.63) is 35.9 Å². The van der Waals surface area contributed by atoms with Crippen LogP contribution in [0.3, 0.4) is 0 Å². The van der Waals surface area contributed by atoms with Crippen molar-refractivity contribution in [2.75, 3.05) is 18.5 Å². The van der Waals surface area contributed by atoms with Gasteiger partial charge in [-0.05, 0) is 5.56 Å². The molecule has 1 aliphatic rings. The van der Waals surface area contributed by atoms with Gasteiger partial charge in [-0.15, -0.1) is 0 Å². The van der Waals surface area contributed by atoms with Crippen LogP contribution in [0.25, 0.3) is 0 Å². The predicted octanol–water partition coefficient (Wildman–Crippen LogP) is 2.35. The average Bonchev–Trinajstić information content (AvgIpc) is 2.05. The fourth-order valence-electron chi connectivity index (χ4n) is 1.46. The maximum Gasteiger partial charge on any atom is 0.0593 e. The summed E-state index contributed by atoms with van der Waals surface area (Å²) in [5.41, 5.74) is 1.63. The fraction of sp³-hybridized carbons (Fsp3) is 0.400. The van der Waals surface area contributed by atoms with Gasteiger partial charge < -0.3 is 4.74 Å². The van der Waals surface area contributed by atoms with Crippen molar-refractivity contribution in [1.82, 2.24) is 0 Å². The van der Waals surface area contributed by atoms with Gasteiger partial charge in [-0.25, -0.2) is 0 Å². The van der Waals surface area contributed by atoms with Crippen LogP contribution in [0, 0.1) is 0 Å². The first-order valence-corrected chi connectivity index (χ1v) is 5.19. The summed E-state index contributed by atoms with van der Waals surface area (Å²) in [5.74, 6) is 0. The molecule has 64 valence electrons. The minimum atomic E-state index is 0.251. The van der Waals surface area contributed by atoms with E-state index in [4.69, 9.17) is 4.74 Å². The van der Waals surface area contributed by atoms with Gasteiger partial charge in [0.25, 0.3) is 0 Å². The topological polar surface area (TPSA) is 9.23 Å². The first kappa shape index (κ1) is 8.27. The van der Waals surface area contributed by atoms with E-state index < -0.39 is 0 Å². The van der Waals surface area contributed by atoms with Crippen molar-refractivity contribution in [1.29, 1.82) is 0 Å². The van der Waals surface area contributed by atoms with E-state index in [1.165, 1.54) is 5.56 Å². The summed E-state index contributed by atoms with van der Waals surface area (Å²) in [7, 11) is 0. The van der Waals surface area contributed by atoms with Crippen LogP contribution in [0.4, 0.5) is 0 Å². The number of hydrogen-bond acceptors (Lipinski definition) is 1. The Kier molecular flexibility index (Phi) is 2.20. The Morgan fingerprint density at radius 1 is 1.25 bits per heavy atom. The number of halogens is 1. The molecule has 0 bridgehead atoms. The molecule has 0 amide bonds. The van der Waals surface area contributed by atoms with Crippen LogP contribution in [-0.4, -0.2) is 18.5 Å². The number of alkyl halides is 1. The van der Waals surface area contributed by atoms with Gasteiger partial charge in [-0.3, -0.25) is 0 Å². The summed E-state index contributed by atoms with van der Waals surface area (Å²) in [6, 6.07) is 10.6. The van der Waals surface area contributed by atoms with E-state index >= 15 is 0 Å². The molecule has 1 heterocycles. The quantitative estimate of drug-likeness (QED) is 0.704. The van der Waals surface area contributed by atoms with E-state index in [0.29, 0.717) is 0 Å². The molecule has 12 heavy (non-hydrogen) atoms. The lowest BCUT2D eigenvalue weighted by Gasteiger charge is -2.40. The second kappa shape index (κ2) is 3.19. The molecule has 1 fully saturated rings. The Balaban J connectivity index is 2.28. The van der Waals surface area contributed by atoms with E-state index in [1.54, 1.807) is 0 Å². The third kappa shape index (κ3) is 1.19. The maximum atomic E-state index is 5.25. The highest BCUT2D eigenvalue weighted by atomic mass is 79.9. The highest BCUT2D eigenvalue weighted by molar-refractivity contribution is 9.09. The van der Waals surface area contributed by atoms with Crippen LogP contribution >= 0.6 is 15.9 Å². The van der Waals surface area contributed by atoms with Crippen molar-refractivity contribution in [3.8, 4) is 0 Å². The smallest absolute Gasteiger partial charge is 0.0593 e. The number of rotatable bonds is 2. The number of ether oxygens (including phenoxy) is 1. The number of benzene rings is 1. The molecule has 1 aliphatic heterocycles. The summed E-state index contributed by atoms with van der Waals surface area (Å²) in [6.07, 6.45) is 0. The molecular formula is C10H11BrO. The Bertz CT molecular complexity index is 248. The molecule has 2 rings (SSSR count). The molecule has 1 aromatic rings. The van der Waals surface area contributed by atoms with Gasteiger partial charge in [0.05, 0.1) is 18.6 Å². The van der Waals surface area contributed by atoms with Crippen LogP contribution in [0.5, 0.6) is 0 Å². The van der Waals surface area contributed by atoms with E-state index in [0.717, 1.165) is 18.5 Å². The lowest BCUT2D eigenvalue weighted by Crippen LogP contribution is -2.48. The highest BCUT2D eigenvalue weighted by Crippen LogP contribution is 2.33. The Labute approximate surface area is 80.9 Å². The maximum absolute atomic E-state index is 5.25. The molecule has 0 radical (unpaired) electrons. The first-order valence-electron chi connectivity index (χ1n) is 4.07. The van der Waals surface area contributed by atoms with Crippen LogP contribution in [0.15, 0.2) is 30.3 Å². The molecule has 0 N–H and O–H groups in total. The minimum absolute atomic E-state index is 0.251. The third-order valence-electron chi connectivity index (χ3n) is 2.40. The molecule has 0 atom stereocenters. The van der Waals surface area contributed by atoms with Crippen LogP contribution in [-0.2, 0) is 10.2 Å². The summed E-state index contributed by atoms with van der Waals surface area (Å²) in [5, 5.41) is 0.990. The zero-order valence-electron chi connectivity index (χ0n) is 6.79. The van der Waals surface area contributed by atoms with Crippen molar-refractivity contribution in [3.63, 3.8) is 0 Å². The lowest BCUT2D eigenvalue weighted by molar-refractivity contribution is -0.0466.